The van der Waals surface area contributed by atoms with Crippen LogP contribution in [0.4, 0.5) is 17.1 Å². The van der Waals surface area contributed by atoms with Gasteiger partial charge in [0, 0.05) is 32.0 Å². The summed E-state index contributed by atoms with van der Waals surface area (Å²) < 4.78 is 33.2. The van der Waals surface area contributed by atoms with E-state index < -0.39 is 10.0 Å². The van der Waals surface area contributed by atoms with E-state index in [1.54, 1.807) is 30.0 Å². The molecule has 0 radical (unpaired) electrons. The lowest BCUT2D eigenvalue weighted by atomic mass is 10.1. The number of benzene rings is 2. The molecular weight excluding hydrogens is 394 g/mol. The smallest absolute Gasteiger partial charge is 0.262 e. The van der Waals surface area contributed by atoms with Gasteiger partial charge in [-0.3, -0.25) is 14.3 Å². The molecule has 0 saturated carbocycles. The molecule has 2 aromatic carbocycles. The first-order chi connectivity index (χ1) is 13.7. The van der Waals surface area contributed by atoms with Crippen LogP contribution in [0.1, 0.15) is 18.1 Å². The first-order valence-corrected chi connectivity index (χ1v) is 10.5. The molecule has 0 aliphatic carbocycles. The molecule has 8 nitrogen and oxygen atoms in total. The van der Waals surface area contributed by atoms with Gasteiger partial charge in [-0.15, -0.1) is 0 Å². The Balaban J connectivity index is 1.85. The number of amides is 2. The number of carbonyl (C=O) groups excluding carboxylic acids is 2. The number of ether oxygens (including phenoxy) is 1. The number of anilines is 3. The maximum absolute atomic E-state index is 12.9. The number of aryl methyl sites for hydroxylation is 1. The highest BCUT2D eigenvalue weighted by Gasteiger charge is 2.25. The fraction of sp³-hybridized carbons (Fsp3) is 0.300. The van der Waals surface area contributed by atoms with Gasteiger partial charge in [-0.2, -0.15) is 0 Å². The minimum atomic E-state index is -3.85. The molecule has 2 N–H and O–H groups in total. The maximum atomic E-state index is 12.9. The third kappa shape index (κ3) is 4.57. The van der Waals surface area contributed by atoms with Gasteiger partial charge in [-0.25, -0.2) is 8.42 Å². The third-order valence-electron chi connectivity index (χ3n) is 4.59. The second-order valence-corrected chi connectivity index (χ2v) is 8.49. The molecule has 0 saturated heterocycles. The minimum Gasteiger partial charge on any atom is -0.375 e. The van der Waals surface area contributed by atoms with E-state index >= 15 is 0 Å². The summed E-state index contributed by atoms with van der Waals surface area (Å²) in [5.74, 6) is -0.403. The molecule has 0 spiro atoms. The van der Waals surface area contributed by atoms with Gasteiger partial charge < -0.3 is 15.0 Å². The van der Waals surface area contributed by atoms with E-state index in [9.17, 15) is 18.0 Å². The molecule has 1 aliphatic heterocycles. The number of carbonyl (C=O) groups is 2. The normalized spacial score (nSPS) is 13.1. The highest BCUT2D eigenvalue weighted by Crippen LogP contribution is 2.32. The Morgan fingerprint density at radius 1 is 1.14 bits per heavy atom. The molecule has 2 aromatic rings. The molecular formula is C20H23N3O5S. The van der Waals surface area contributed by atoms with Crippen LogP contribution in [0.2, 0.25) is 0 Å². The summed E-state index contributed by atoms with van der Waals surface area (Å²) in [5.41, 5.74) is 3.06. The summed E-state index contributed by atoms with van der Waals surface area (Å²) in [4.78, 5) is 25.1. The highest BCUT2D eigenvalue weighted by molar-refractivity contribution is 7.92. The van der Waals surface area contributed by atoms with Crippen molar-refractivity contribution < 1.29 is 22.7 Å². The summed E-state index contributed by atoms with van der Waals surface area (Å²) in [6, 6.07) is 9.75. The van der Waals surface area contributed by atoms with Crippen LogP contribution in [0.25, 0.3) is 0 Å². The second-order valence-electron chi connectivity index (χ2n) is 6.84. The quantitative estimate of drug-likeness (QED) is 0.750. The molecule has 3 rings (SSSR count). The topological polar surface area (TPSA) is 105 Å². The van der Waals surface area contributed by atoms with Crippen molar-refractivity contribution in [2.75, 3.05) is 35.2 Å². The summed E-state index contributed by atoms with van der Waals surface area (Å²) in [6.45, 7) is 3.55. The zero-order valence-corrected chi connectivity index (χ0v) is 17.3. The van der Waals surface area contributed by atoms with E-state index in [0.29, 0.717) is 35.6 Å². The number of sulfonamides is 1. The molecule has 154 valence electrons. The van der Waals surface area contributed by atoms with Gasteiger partial charge in [0.15, 0.2) is 0 Å². The fourth-order valence-corrected chi connectivity index (χ4v) is 4.62. The van der Waals surface area contributed by atoms with Crippen LogP contribution in [0.5, 0.6) is 0 Å². The fourth-order valence-electron chi connectivity index (χ4n) is 3.35. The lowest BCUT2D eigenvalue weighted by Gasteiger charge is -2.18. The average molecular weight is 417 g/mol. The van der Waals surface area contributed by atoms with Crippen molar-refractivity contribution in [1.82, 2.24) is 0 Å². The van der Waals surface area contributed by atoms with Crippen molar-refractivity contribution in [3.8, 4) is 0 Å². The molecule has 0 bridgehead atoms. The Morgan fingerprint density at radius 3 is 2.52 bits per heavy atom. The van der Waals surface area contributed by atoms with Gasteiger partial charge in [0.05, 0.1) is 10.6 Å². The van der Waals surface area contributed by atoms with Gasteiger partial charge >= 0.3 is 0 Å². The number of fused-ring (bicyclic) bond motifs is 1. The summed E-state index contributed by atoms with van der Waals surface area (Å²) in [6.07, 6.45) is 0.710. The van der Waals surface area contributed by atoms with Crippen molar-refractivity contribution in [2.24, 2.45) is 0 Å². The van der Waals surface area contributed by atoms with Crippen molar-refractivity contribution in [3.63, 3.8) is 0 Å². The summed E-state index contributed by atoms with van der Waals surface area (Å²) in [7, 11) is -2.39. The van der Waals surface area contributed by atoms with Gasteiger partial charge in [0.1, 0.15) is 6.61 Å². The molecule has 0 atom stereocenters. The first-order valence-electron chi connectivity index (χ1n) is 9.04. The van der Waals surface area contributed by atoms with Crippen molar-refractivity contribution in [3.05, 3.63) is 47.5 Å². The number of methoxy groups -OCH3 is 1. The van der Waals surface area contributed by atoms with Gasteiger partial charge in [0.25, 0.3) is 15.9 Å². The van der Waals surface area contributed by atoms with Crippen LogP contribution in [-0.2, 0) is 30.8 Å². The zero-order valence-electron chi connectivity index (χ0n) is 16.5. The third-order valence-corrected chi connectivity index (χ3v) is 6.13. The molecule has 0 unspecified atom stereocenters. The maximum Gasteiger partial charge on any atom is 0.262 e. The largest absolute Gasteiger partial charge is 0.375 e. The minimum absolute atomic E-state index is 0.0325. The number of nitrogens with one attached hydrogen (secondary N) is 2. The number of hydrogen-bond acceptors (Lipinski definition) is 5. The standard InChI is InChI=1S/C20H23N3O5S/c1-13-10-16(21-14(2)24)6-7-19(13)29(26,27)22-17-5-4-15-8-9-23(18(15)11-17)20(25)12-28-3/h4-7,10-11,22H,8-9,12H2,1-3H3,(H,21,24). The van der Waals surface area contributed by atoms with Crippen LogP contribution in [-0.4, -0.2) is 40.5 Å². The number of nitrogens with zero attached hydrogens (tertiary/aromatic N) is 1. The van der Waals surface area contributed by atoms with Crippen LogP contribution in [0, 0.1) is 6.92 Å². The first kappa shape index (κ1) is 20.8. The van der Waals surface area contributed by atoms with Crippen molar-refractivity contribution >= 4 is 38.9 Å². The molecule has 1 heterocycles. The monoisotopic (exact) mass is 417 g/mol. The second kappa shape index (κ2) is 8.22. The van der Waals surface area contributed by atoms with Crippen LogP contribution in [0.3, 0.4) is 0 Å². The van der Waals surface area contributed by atoms with Crippen LogP contribution in [0.15, 0.2) is 41.3 Å². The van der Waals surface area contributed by atoms with Gasteiger partial charge in [-0.1, -0.05) is 6.07 Å². The highest BCUT2D eigenvalue weighted by atomic mass is 32.2. The SMILES string of the molecule is COCC(=O)N1CCc2ccc(NS(=O)(=O)c3ccc(NC(C)=O)cc3C)cc21. The van der Waals surface area contributed by atoms with Gasteiger partial charge in [0.2, 0.25) is 5.91 Å². The molecule has 1 aliphatic rings. The predicted octanol–water partition coefficient (Wildman–Crippen LogP) is 2.29. The molecule has 29 heavy (non-hydrogen) atoms. The Kier molecular flexibility index (Phi) is 5.90. The van der Waals surface area contributed by atoms with Crippen LogP contribution >= 0.6 is 0 Å². The van der Waals surface area contributed by atoms with E-state index in [1.165, 1.54) is 26.2 Å². The van der Waals surface area contributed by atoms with Crippen molar-refractivity contribution in [2.45, 2.75) is 25.2 Å². The van der Waals surface area contributed by atoms with Crippen molar-refractivity contribution in [1.29, 1.82) is 0 Å². The lowest BCUT2D eigenvalue weighted by molar-refractivity contribution is -0.122. The summed E-state index contributed by atoms with van der Waals surface area (Å²) in [5, 5.41) is 2.63. The zero-order chi connectivity index (χ0) is 21.2. The van der Waals surface area contributed by atoms with E-state index in [4.69, 9.17) is 4.74 Å². The molecule has 0 aromatic heterocycles. The number of hydrogen-bond donors (Lipinski definition) is 2. The average Bonchev–Trinajstić information content (AvgIpc) is 3.04. The number of rotatable bonds is 6. The van der Waals surface area contributed by atoms with E-state index in [0.717, 1.165) is 5.56 Å². The molecule has 2 amide bonds. The molecule has 0 fully saturated rings. The van der Waals surface area contributed by atoms with Gasteiger partial charge in [-0.05, 0) is 54.8 Å². The lowest BCUT2D eigenvalue weighted by Crippen LogP contribution is -2.32. The Labute approximate surface area is 169 Å². The van der Waals surface area contributed by atoms with E-state index in [2.05, 4.69) is 10.0 Å². The van der Waals surface area contributed by atoms with E-state index in [1.807, 2.05) is 6.07 Å². The Hall–Kier alpha value is -2.91. The predicted molar refractivity (Wildman–Crippen MR) is 111 cm³/mol. The van der Waals surface area contributed by atoms with Crippen LogP contribution < -0.4 is 14.9 Å². The van der Waals surface area contributed by atoms with E-state index in [-0.39, 0.29) is 23.3 Å². The Bertz CT molecular complexity index is 1070. The summed E-state index contributed by atoms with van der Waals surface area (Å²) >= 11 is 0. The molecule has 9 heteroatoms. The Morgan fingerprint density at radius 2 is 1.86 bits per heavy atom.